The molecule has 154 valence electrons. The van der Waals surface area contributed by atoms with E-state index < -0.39 is 0 Å². The second-order valence-corrected chi connectivity index (χ2v) is 9.32. The van der Waals surface area contributed by atoms with Crippen LogP contribution in [0.2, 0.25) is 0 Å². The quantitative estimate of drug-likeness (QED) is 0.616. The third-order valence-electron chi connectivity index (χ3n) is 5.73. The Morgan fingerprint density at radius 2 is 1.93 bits per heavy atom. The van der Waals surface area contributed by atoms with E-state index in [2.05, 4.69) is 15.6 Å². The summed E-state index contributed by atoms with van der Waals surface area (Å²) < 4.78 is 0. The summed E-state index contributed by atoms with van der Waals surface area (Å²) in [5, 5.41) is 6.96. The fourth-order valence-electron chi connectivity index (χ4n) is 3.71. The standard InChI is InChI=1S/C23H24N4O2S/c1-12-18-13(2)25-20(15-6-7-15)27-23(18)30-19(12)22(29)24-11-14-4-3-5-17(10-14)26-21(28)16-8-9-16/h3-5,10,15-16H,6-9,11H2,1-2H3,(H,24,29)(H,26,28). The van der Waals surface area contributed by atoms with Gasteiger partial charge in [0.25, 0.3) is 5.91 Å². The molecular formula is C23H24N4O2S. The number of benzene rings is 1. The largest absolute Gasteiger partial charge is 0.347 e. The van der Waals surface area contributed by atoms with Crippen molar-refractivity contribution in [2.24, 2.45) is 5.92 Å². The van der Waals surface area contributed by atoms with Crippen LogP contribution in [0.1, 0.15) is 63.9 Å². The zero-order valence-corrected chi connectivity index (χ0v) is 17.9. The van der Waals surface area contributed by atoms with Crippen LogP contribution in [0.25, 0.3) is 10.2 Å². The fourth-order valence-corrected chi connectivity index (χ4v) is 4.87. The molecule has 0 aliphatic heterocycles. The lowest BCUT2D eigenvalue weighted by atomic mass is 10.1. The van der Waals surface area contributed by atoms with Crippen LogP contribution in [-0.4, -0.2) is 21.8 Å². The summed E-state index contributed by atoms with van der Waals surface area (Å²) in [6.07, 6.45) is 4.26. The smallest absolute Gasteiger partial charge is 0.261 e. The van der Waals surface area contributed by atoms with Gasteiger partial charge >= 0.3 is 0 Å². The minimum atomic E-state index is -0.102. The van der Waals surface area contributed by atoms with Gasteiger partial charge in [-0.3, -0.25) is 9.59 Å². The molecule has 7 heteroatoms. The van der Waals surface area contributed by atoms with E-state index in [4.69, 9.17) is 4.98 Å². The number of aromatic nitrogens is 2. The Hall–Kier alpha value is -2.80. The van der Waals surface area contributed by atoms with Crippen molar-refractivity contribution in [3.05, 3.63) is 51.8 Å². The van der Waals surface area contributed by atoms with E-state index in [1.54, 1.807) is 0 Å². The number of carbonyl (C=O) groups excluding carboxylic acids is 2. The third kappa shape index (κ3) is 3.81. The molecule has 2 heterocycles. The van der Waals surface area contributed by atoms with Gasteiger partial charge in [-0.2, -0.15) is 0 Å². The Balaban J connectivity index is 1.31. The number of hydrogen-bond acceptors (Lipinski definition) is 5. The van der Waals surface area contributed by atoms with E-state index >= 15 is 0 Å². The first-order valence-electron chi connectivity index (χ1n) is 10.4. The summed E-state index contributed by atoms with van der Waals surface area (Å²) in [6.45, 7) is 4.37. The molecule has 0 unspecified atom stereocenters. The van der Waals surface area contributed by atoms with E-state index in [0.29, 0.717) is 17.3 Å². The summed E-state index contributed by atoms with van der Waals surface area (Å²) in [5.41, 5.74) is 3.62. The third-order valence-corrected chi connectivity index (χ3v) is 6.92. The molecule has 5 rings (SSSR count). The van der Waals surface area contributed by atoms with E-state index in [0.717, 1.165) is 64.2 Å². The number of amides is 2. The lowest BCUT2D eigenvalue weighted by molar-refractivity contribution is -0.117. The first-order chi connectivity index (χ1) is 14.5. The molecule has 3 aromatic rings. The van der Waals surface area contributed by atoms with Crippen molar-refractivity contribution in [1.29, 1.82) is 0 Å². The second kappa shape index (κ2) is 7.47. The number of fused-ring (bicyclic) bond motifs is 1. The van der Waals surface area contributed by atoms with Gasteiger partial charge in [-0.25, -0.2) is 9.97 Å². The van der Waals surface area contributed by atoms with Crippen LogP contribution < -0.4 is 10.6 Å². The highest BCUT2D eigenvalue weighted by Crippen LogP contribution is 2.40. The molecule has 30 heavy (non-hydrogen) atoms. The van der Waals surface area contributed by atoms with Crippen LogP contribution in [0.4, 0.5) is 5.69 Å². The average Bonchev–Trinajstić information content (AvgIpc) is 3.62. The van der Waals surface area contributed by atoms with Crippen molar-refractivity contribution >= 4 is 39.1 Å². The molecular weight excluding hydrogens is 396 g/mol. The number of hydrogen-bond donors (Lipinski definition) is 2. The van der Waals surface area contributed by atoms with Crippen LogP contribution in [0, 0.1) is 19.8 Å². The summed E-state index contributed by atoms with van der Waals surface area (Å²) >= 11 is 1.44. The van der Waals surface area contributed by atoms with Crippen molar-refractivity contribution in [1.82, 2.24) is 15.3 Å². The van der Waals surface area contributed by atoms with Gasteiger partial charge in [-0.05, 0) is 62.8 Å². The topological polar surface area (TPSA) is 84.0 Å². The maximum atomic E-state index is 12.9. The number of nitrogens with zero attached hydrogens (tertiary/aromatic N) is 2. The zero-order valence-electron chi connectivity index (χ0n) is 17.1. The number of thiophene rings is 1. The summed E-state index contributed by atoms with van der Waals surface area (Å²) in [4.78, 5) is 35.8. The number of nitrogens with one attached hydrogen (secondary N) is 2. The molecule has 6 nitrogen and oxygen atoms in total. The van der Waals surface area contributed by atoms with Gasteiger partial charge in [0.05, 0.1) is 10.6 Å². The van der Waals surface area contributed by atoms with E-state index in [1.165, 1.54) is 11.3 Å². The zero-order chi connectivity index (χ0) is 20.8. The first-order valence-corrected chi connectivity index (χ1v) is 11.3. The monoisotopic (exact) mass is 420 g/mol. The molecule has 2 aliphatic carbocycles. The normalized spacial score (nSPS) is 15.9. The lowest BCUT2D eigenvalue weighted by Gasteiger charge is -2.08. The van der Waals surface area contributed by atoms with Gasteiger partial charge < -0.3 is 10.6 Å². The SMILES string of the molecule is Cc1nc(C2CC2)nc2sc(C(=O)NCc3cccc(NC(=O)C4CC4)c3)c(C)c12. The Morgan fingerprint density at radius 3 is 2.67 bits per heavy atom. The second-order valence-electron chi connectivity index (χ2n) is 8.32. The average molecular weight is 421 g/mol. The maximum Gasteiger partial charge on any atom is 0.261 e. The molecule has 2 aromatic heterocycles. The summed E-state index contributed by atoms with van der Waals surface area (Å²) in [7, 11) is 0. The van der Waals surface area contributed by atoms with Gasteiger partial charge in [0.1, 0.15) is 10.7 Å². The Labute approximate surface area is 179 Å². The summed E-state index contributed by atoms with van der Waals surface area (Å²) in [6, 6.07) is 7.63. The highest BCUT2D eigenvalue weighted by molar-refractivity contribution is 7.20. The molecule has 2 N–H and O–H groups in total. The number of rotatable bonds is 6. The molecule has 0 spiro atoms. The molecule has 0 saturated heterocycles. The van der Waals surface area contributed by atoms with Crippen molar-refractivity contribution in [2.45, 2.75) is 52.0 Å². The summed E-state index contributed by atoms with van der Waals surface area (Å²) in [5.74, 6) is 1.55. The van der Waals surface area contributed by atoms with Crippen molar-refractivity contribution in [3.8, 4) is 0 Å². The molecule has 0 bridgehead atoms. The van der Waals surface area contributed by atoms with Gasteiger partial charge in [0.15, 0.2) is 0 Å². The molecule has 0 radical (unpaired) electrons. The molecule has 1 aromatic carbocycles. The Bertz CT molecular complexity index is 1160. The van der Waals surface area contributed by atoms with E-state index in [1.807, 2.05) is 38.1 Å². The van der Waals surface area contributed by atoms with Crippen molar-refractivity contribution < 1.29 is 9.59 Å². The lowest BCUT2D eigenvalue weighted by Crippen LogP contribution is -2.22. The van der Waals surface area contributed by atoms with Gasteiger partial charge in [-0.1, -0.05) is 12.1 Å². The molecule has 0 atom stereocenters. The molecule has 2 saturated carbocycles. The predicted molar refractivity (Wildman–Crippen MR) is 118 cm³/mol. The maximum absolute atomic E-state index is 12.9. The van der Waals surface area contributed by atoms with Gasteiger partial charge in [0, 0.05) is 29.5 Å². The number of anilines is 1. The molecule has 2 fully saturated rings. The van der Waals surface area contributed by atoms with Crippen LogP contribution in [-0.2, 0) is 11.3 Å². The van der Waals surface area contributed by atoms with E-state index in [-0.39, 0.29) is 17.7 Å². The Morgan fingerprint density at radius 1 is 1.13 bits per heavy atom. The Kier molecular flexibility index (Phi) is 4.77. The van der Waals surface area contributed by atoms with Crippen LogP contribution in [0.15, 0.2) is 24.3 Å². The first kappa shape index (κ1) is 19.2. The van der Waals surface area contributed by atoms with Crippen LogP contribution in [0.5, 0.6) is 0 Å². The minimum absolute atomic E-state index is 0.0825. The fraction of sp³-hybridized carbons (Fsp3) is 0.391. The number of carbonyl (C=O) groups is 2. The predicted octanol–water partition coefficient (Wildman–Crippen LogP) is 4.46. The van der Waals surface area contributed by atoms with E-state index in [9.17, 15) is 9.59 Å². The molecule has 2 aliphatic rings. The van der Waals surface area contributed by atoms with Crippen LogP contribution in [0.3, 0.4) is 0 Å². The van der Waals surface area contributed by atoms with Gasteiger partial charge in [0.2, 0.25) is 5.91 Å². The van der Waals surface area contributed by atoms with Gasteiger partial charge in [-0.15, -0.1) is 11.3 Å². The number of aryl methyl sites for hydroxylation is 2. The minimum Gasteiger partial charge on any atom is -0.347 e. The highest BCUT2D eigenvalue weighted by Gasteiger charge is 2.30. The molecule has 2 amide bonds. The highest BCUT2D eigenvalue weighted by atomic mass is 32.1. The van der Waals surface area contributed by atoms with Crippen molar-refractivity contribution in [3.63, 3.8) is 0 Å². The van der Waals surface area contributed by atoms with Crippen LogP contribution >= 0.6 is 11.3 Å². The van der Waals surface area contributed by atoms with Crippen molar-refractivity contribution in [2.75, 3.05) is 5.32 Å².